The third kappa shape index (κ3) is 1.71. The second-order valence-electron chi connectivity index (χ2n) is 1.84. The van der Waals surface area contributed by atoms with Crippen molar-refractivity contribution in [1.29, 1.82) is 0 Å². The predicted molar refractivity (Wildman–Crippen MR) is 30.5 cm³/mol. The van der Waals surface area contributed by atoms with E-state index in [1.807, 2.05) is 0 Å². The number of carboxylic acids is 1. The van der Waals surface area contributed by atoms with E-state index in [4.69, 9.17) is 9.84 Å². The Hall–Kier alpha value is -1.06. The Bertz CT molecular complexity index is 143. The van der Waals surface area contributed by atoms with E-state index in [1.165, 1.54) is 6.40 Å². The summed E-state index contributed by atoms with van der Waals surface area (Å²) >= 11 is 0. The van der Waals surface area contributed by atoms with Crippen LogP contribution in [0.2, 0.25) is 0 Å². The van der Waals surface area contributed by atoms with Gasteiger partial charge in [-0.1, -0.05) is 0 Å². The van der Waals surface area contributed by atoms with Gasteiger partial charge in [0.05, 0.1) is 12.5 Å². The molecule has 1 unspecified atom stereocenters. The van der Waals surface area contributed by atoms with E-state index in [0.29, 0.717) is 6.61 Å². The van der Waals surface area contributed by atoms with Gasteiger partial charge in [0.25, 0.3) is 0 Å². The Morgan fingerprint density at radius 1 is 2.00 bits per heavy atom. The van der Waals surface area contributed by atoms with Crippen molar-refractivity contribution in [2.45, 2.75) is 12.5 Å². The maximum Gasteiger partial charge on any atom is 0.305 e. The van der Waals surface area contributed by atoms with Crippen molar-refractivity contribution < 1.29 is 14.6 Å². The highest BCUT2D eigenvalue weighted by molar-refractivity contribution is 5.68. The number of rotatable bonds is 2. The molecule has 1 heterocycles. The van der Waals surface area contributed by atoms with Crippen LogP contribution in [0.3, 0.4) is 0 Å². The molecular weight excluding hydrogens is 122 g/mol. The number of nitrogens with zero attached hydrogens (tertiary/aromatic N) is 1. The zero-order chi connectivity index (χ0) is 6.69. The molecule has 0 saturated heterocycles. The molecule has 0 aromatic rings. The van der Waals surface area contributed by atoms with Crippen molar-refractivity contribution in [1.82, 2.24) is 0 Å². The van der Waals surface area contributed by atoms with Gasteiger partial charge < -0.3 is 9.84 Å². The lowest BCUT2D eigenvalue weighted by Gasteiger charge is -1.97. The van der Waals surface area contributed by atoms with Crippen LogP contribution in [0.1, 0.15) is 6.42 Å². The lowest BCUT2D eigenvalue weighted by Crippen LogP contribution is -2.11. The second kappa shape index (κ2) is 2.48. The van der Waals surface area contributed by atoms with E-state index in [1.54, 1.807) is 0 Å². The van der Waals surface area contributed by atoms with E-state index in [9.17, 15) is 4.79 Å². The number of aliphatic imine (C=N–C) groups is 1. The Balaban J connectivity index is 2.28. The second-order valence-corrected chi connectivity index (χ2v) is 1.84. The first kappa shape index (κ1) is 6.07. The monoisotopic (exact) mass is 129 g/mol. The molecule has 9 heavy (non-hydrogen) atoms. The molecule has 1 atom stereocenters. The van der Waals surface area contributed by atoms with Crippen LogP contribution in [-0.4, -0.2) is 30.1 Å². The molecule has 1 rings (SSSR count). The molecule has 1 N–H and O–H groups in total. The van der Waals surface area contributed by atoms with Crippen LogP contribution in [0.25, 0.3) is 0 Å². The molecular formula is C5H7NO3. The SMILES string of the molecule is O=C(O)CC1COC=N1. The molecule has 0 bridgehead atoms. The summed E-state index contributed by atoms with van der Waals surface area (Å²) in [5.74, 6) is -0.831. The number of ether oxygens (including phenoxy) is 1. The van der Waals surface area contributed by atoms with Crippen LogP contribution in [-0.2, 0) is 9.53 Å². The fourth-order valence-electron chi connectivity index (χ4n) is 0.639. The zero-order valence-electron chi connectivity index (χ0n) is 4.78. The molecule has 0 aromatic carbocycles. The molecule has 4 heteroatoms. The first-order valence-corrected chi connectivity index (χ1v) is 2.64. The van der Waals surface area contributed by atoms with E-state index in [0.717, 1.165) is 0 Å². The molecule has 4 nitrogen and oxygen atoms in total. The normalized spacial score (nSPS) is 23.8. The van der Waals surface area contributed by atoms with Gasteiger partial charge in [-0.2, -0.15) is 0 Å². The summed E-state index contributed by atoms with van der Waals surface area (Å²) in [6.45, 7) is 0.409. The molecule has 0 spiro atoms. The quantitative estimate of drug-likeness (QED) is 0.565. The molecule has 0 aromatic heterocycles. The lowest BCUT2D eigenvalue weighted by molar-refractivity contribution is -0.137. The van der Waals surface area contributed by atoms with Crippen molar-refractivity contribution in [2.24, 2.45) is 4.99 Å². The third-order valence-electron chi connectivity index (χ3n) is 1.05. The Labute approximate surface area is 52.2 Å². The Kier molecular flexibility index (Phi) is 1.67. The fourth-order valence-corrected chi connectivity index (χ4v) is 0.639. The number of hydrogen-bond donors (Lipinski definition) is 1. The standard InChI is InChI=1S/C5H7NO3/c7-5(8)1-4-2-9-3-6-4/h3-4H,1-2H2,(H,7,8). The van der Waals surface area contributed by atoms with Gasteiger partial charge in [0.2, 0.25) is 0 Å². The van der Waals surface area contributed by atoms with Gasteiger partial charge in [-0.25, -0.2) is 0 Å². The average Bonchev–Trinajstić information content (AvgIpc) is 2.15. The minimum atomic E-state index is -0.831. The van der Waals surface area contributed by atoms with Crippen molar-refractivity contribution in [2.75, 3.05) is 6.61 Å². The van der Waals surface area contributed by atoms with Gasteiger partial charge in [0.15, 0.2) is 6.40 Å². The van der Waals surface area contributed by atoms with Crippen LogP contribution in [0.15, 0.2) is 4.99 Å². The summed E-state index contributed by atoms with van der Waals surface area (Å²) in [5.41, 5.74) is 0. The smallest absolute Gasteiger partial charge is 0.305 e. The van der Waals surface area contributed by atoms with Gasteiger partial charge >= 0.3 is 5.97 Å². The van der Waals surface area contributed by atoms with Crippen LogP contribution in [0, 0.1) is 0 Å². The first-order valence-electron chi connectivity index (χ1n) is 2.64. The summed E-state index contributed by atoms with van der Waals surface area (Å²) < 4.78 is 4.70. The van der Waals surface area contributed by atoms with Gasteiger partial charge in [-0.3, -0.25) is 9.79 Å². The van der Waals surface area contributed by atoms with Gasteiger partial charge in [0, 0.05) is 0 Å². The molecule has 50 valence electrons. The minimum Gasteiger partial charge on any atom is -0.481 e. The maximum absolute atomic E-state index is 10.0. The van der Waals surface area contributed by atoms with E-state index >= 15 is 0 Å². The van der Waals surface area contributed by atoms with Gasteiger partial charge in [-0.15, -0.1) is 0 Å². The molecule has 0 amide bonds. The van der Waals surface area contributed by atoms with Crippen LogP contribution in [0.5, 0.6) is 0 Å². The Morgan fingerprint density at radius 3 is 3.22 bits per heavy atom. The van der Waals surface area contributed by atoms with Crippen molar-refractivity contribution >= 4 is 12.4 Å². The molecule has 0 saturated carbocycles. The average molecular weight is 129 g/mol. The number of carbonyl (C=O) groups is 1. The van der Waals surface area contributed by atoms with Crippen molar-refractivity contribution in [3.05, 3.63) is 0 Å². The number of carboxylic acid groups (broad SMARTS) is 1. The lowest BCUT2D eigenvalue weighted by atomic mass is 10.2. The van der Waals surface area contributed by atoms with Crippen LogP contribution < -0.4 is 0 Å². The molecule has 1 aliphatic heterocycles. The summed E-state index contributed by atoms with van der Waals surface area (Å²) in [6, 6.07) is -0.164. The van der Waals surface area contributed by atoms with Crippen LogP contribution in [0.4, 0.5) is 0 Å². The van der Waals surface area contributed by atoms with Gasteiger partial charge in [0.1, 0.15) is 6.61 Å². The minimum absolute atomic E-state index is 0.0660. The molecule has 1 aliphatic rings. The summed E-state index contributed by atoms with van der Waals surface area (Å²) in [5, 5.41) is 8.24. The van der Waals surface area contributed by atoms with Crippen LogP contribution >= 0.6 is 0 Å². The summed E-state index contributed by atoms with van der Waals surface area (Å²) in [6.07, 6.45) is 1.37. The molecule has 0 fully saturated rings. The molecule has 0 radical (unpaired) electrons. The largest absolute Gasteiger partial charge is 0.481 e. The first-order chi connectivity index (χ1) is 4.29. The van der Waals surface area contributed by atoms with Crippen molar-refractivity contribution in [3.8, 4) is 0 Å². The highest BCUT2D eigenvalue weighted by Crippen LogP contribution is 2.02. The highest BCUT2D eigenvalue weighted by atomic mass is 16.5. The summed E-state index contributed by atoms with van der Waals surface area (Å²) in [7, 11) is 0. The van der Waals surface area contributed by atoms with E-state index < -0.39 is 5.97 Å². The summed E-state index contributed by atoms with van der Waals surface area (Å²) in [4.78, 5) is 13.8. The third-order valence-corrected chi connectivity index (χ3v) is 1.05. The van der Waals surface area contributed by atoms with Crippen molar-refractivity contribution in [3.63, 3.8) is 0 Å². The zero-order valence-corrected chi connectivity index (χ0v) is 4.78. The highest BCUT2D eigenvalue weighted by Gasteiger charge is 2.14. The topological polar surface area (TPSA) is 58.9 Å². The van der Waals surface area contributed by atoms with E-state index in [2.05, 4.69) is 4.99 Å². The van der Waals surface area contributed by atoms with E-state index in [-0.39, 0.29) is 12.5 Å². The fraction of sp³-hybridized carbons (Fsp3) is 0.600. The Morgan fingerprint density at radius 2 is 2.78 bits per heavy atom. The molecule has 0 aliphatic carbocycles. The van der Waals surface area contributed by atoms with Gasteiger partial charge in [-0.05, 0) is 0 Å². The number of hydrogen-bond acceptors (Lipinski definition) is 3. The number of aliphatic carboxylic acids is 1. The maximum atomic E-state index is 10.0. The predicted octanol–water partition coefficient (Wildman–Crippen LogP) is -0.112.